The topological polar surface area (TPSA) is 76.2 Å². The summed E-state index contributed by atoms with van der Waals surface area (Å²) in [6, 6.07) is 0. The lowest BCUT2D eigenvalue weighted by molar-refractivity contribution is -0.135. The molecule has 0 radical (unpaired) electrons. The van der Waals surface area contributed by atoms with Gasteiger partial charge in [-0.05, 0) is 12.8 Å². The number of hydrogen-bond donors (Lipinski definition) is 0. The zero-order valence-electron chi connectivity index (χ0n) is 12.9. The molecule has 2 saturated heterocycles. The van der Waals surface area contributed by atoms with Gasteiger partial charge in [-0.1, -0.05) is 0 Å². The largest absolute Gasteiger partial charge is 0.372 e. The maximum absolute atomic E-state index is 11.5. The molecule has 2 rings (SSSR count). The van der Waals surface area contributed by atoms with Crippen LogP contribution in [-0.4, -0.2) is 81.9 Å². The van der Waals surface area contributed by atoms with Gasteiger partial charge in [0.25, 0.3) is 0 Å². The molecule has 8 heteroatoms. The highest BCUT2D eigenvalue weighted by Crippen LogP contribution is 2.37. The van der Waals surface area contributed by atoms with Crippen LogP contribution in [0.15, 0.2) is 0 Å². The van der Waals surface area contributed by atoms with Gasteiger partial charge in [0.1, 0.15) is 6.61 Å². The fourth-order valence-electron chi connectivity index (χ4n) is 2.80. The summed E-state index contributed by atoms with van der Waals surface area (Å²) in [4.78, 5) is 13.0. The fourth-order valence-corrected chi connectivity index (χ4v) is 3.65. The van der Waals surface area contributed by atoms with Crippen LogP contribution < -0.4 is 0 Å². The van der Waals surface area contributed by atoms with E-state index in [4.69, 9.17) is 9.47 Å². The van der Waals surface area contributed by atoms with Gasteiger partial charge in [-0.15, -0.1) is 0 Å². The van der Waals surface area contributed by atoms with Crippen LogP contribution in [0.1, 0.15) is 19.3 Å². The Labute approximate surface area is 126 Å². The highest BCUT2D eigenvalue weighted by molar-refractivity contribution is 7.88. The van der Waals surface area contributed by atoms with Crippen LogP contribution in [0.2, 0.25) is 0 Å². The van der Waals surface area contributed by atoms with E-state index in [1.165, 1.54) is 15.5 Å². The Morgan fingerprint density at radius 3 is 2.52 bits per heavy atom. The number of likely N-dealkylation sites (N-methyl/N-ethyl adjacent to an activating group) is 1. The lowest BCUT2D eigenvalue weighted by atomic mass is 9.89. The maximum Gasteiger partial charge on any atom is 0.248 e. The zero-order chi connectivity index (χ0) is 15.7. The summed E-state index contributed by atoms with van der Waals surface area (Å²) in [5.41, 5.74) is -0.285. The molecule has 2 heterocycles. The Kier molecular flexibility index (Phi) is 4.92. The highest BCUT2D eigenvalue weighted by Gasteiger charge is 2.44. The highest BCUT2D eigenvalue weighted by atomic mass is 32.2. The van der Waals surface area contributed by atoms with Crippen molar-refractivity contribution >= 4 is 15.9 Å². The Morgan fingerprint density at radius 1 is 1.38 bits per heavy atom. The van der Waals surface area contributed by atoms with E-state index in [2.05, 4.69) is 0 Å². The molecule has 21 heavy (non-hydrogen) atoms. The lowest BCUT2D eigenvalue weighted by Crippen LogP contribution is -2.46. The first kappa shape index (κ1) is 16.7. The predicted octanol–water partition coefficient (Wildman–Crippen LogP) is -0.326. The van der Waals surface area contributed by atoms with E-state index in [1.54, 1.807) is 14.1 Å². The molecule has 1 atom stereocenters. The smallest absolute Gasteiger partial charge is 0.248 e. The summed E-state index contributed by atoms with van der Waals surface area (Å²) in [5.74, 6) is -0.0668. The number of carbonyl (C=O) groups excluding carboxylic acids is 1. The lowest BCUT2D eigenvalue weighted by Gasteiger charge is -2.37. The van der Waals surface area contributed by atoms with E-state index in [1.807, 2.05) is 0 Å². The van der Waals surface area contributed by atoms with Gasteiger partial charge < -0.3 is 14.4 Å². The van der Waals surface area contributed by atoms with E-state index in [9.17, 15) is 13.2 Å². The first-order chi connectivity index (χ1) is 9.72. The molecule has 0 aromatic heterocycles. The molecule has 0 aromatic carbocycles. The Hall–Kier alpha value is -0.700. The van der Waals surface area contributed by atoms with Gasteiger partial charge in [0.15, 0.2) is 0 Å². The monoisotopic (exact) mass is 320 g/mol. The third-order valence-electron chi connectivity index (χ3n) is 4.22. The molecule has 2 fully saturated rings. The second-order valence-electron chi connectivity index (χ2n) is 6.08. The Morgan fingerprint density at radius 2 is 2.00 bits per heavy atom. The van der Waals surface area contributed by atoms with Crippen molar-refractivity contribution in [3.05, 3.63) is 0 Å². The molecular weight excluding hydrogens is 296 g/mol. The number of sulfonamides is 1. The van der Waals surface area contributed by atoms with Gasteiger partial charge in [-0.2, -0.15) is 0 Å². The molecule has 2 aliphatic rings. The summed E-state index contributed by atoms with van der Waals surface area (Å²) in [6.45, 7) is 1.51. The third kappa shape index (κ3) is 4.15. The molecule has 2 aliphatic heterocycles. The molecular formula is C13H24N2O5S. The molecule has 0 aromatic rings. The van der Waals surface area contributed by atoms with Crippen molar-refractivity contribution in [1.82, 2.24) is 9.21 Å². The first-order valence-electron chi connectivity index (χ1n) is 7.13. The van der Waals surface area contributed by atoms with Crippen molar-refractivity contribution in [2.24, 2.45) is 0 Å². The van der Waals surface area contributed by atoms with Crippen molar-refractivity contribution < 1.29 is 22.7 Å². The molecule has 0 unspecified atom stereocenters. The van der Waals surface area contributed by atoms with Crippen LogP contribution in [-0.2, 0) is 24.3 Å². The molecule has 1 spiro atoms. The molecule has 122 valence electrons. The second kappa shape index (κ2) is 6.20. The number of amides is 1. The number of piperidine rings is 1. The summed E-state index contributed by atoms with van der Waals surface area (Å²) >= 11 is 0. The Bertz CT molecular complexity index is 483. The minimum atomic E-state index is -3.12. The molecule has 0 saturated carbocycles. The van der Waals surface area contributed by atoms with E-state index < -0.39 is 10.0 Å². The van der Waals surface area contributed by atoms with Crippen LogP contribution >= 0.6 is 0 Å². The van der Waals surface area contributed by atoms with Crippen LogP contribution in [0.5, 0.6) is 0 Å². The van der Waals surface area contributed by atoms with Crippen LogP contribution in [0.4, 0.5) is 0 Å². The summed E-state index contributed by atoms with van der Waals surface area (Å²) in [6.07, 6.45) is 3.24. The normalized spacial score (nSPS) is 26.1. The molecule has 0 bridgehead atoms. The van der Waals surface area contributed by atoms with Crippen LogP contribution in [0, 0.1) is 0 Å². The number of ether oxygens (including phenoxy) is 2. The summed E-state index contributed by atoms with van der Waals surface area (Å²) in [5, 5.41) is 0. The quantitative estimate of drug-likeness (QED) is 0.709. The number of hydrogen-bond acceptors (Lipinski definition) is 5. The van der Waals surface area contributed by atoms with Crippen molar-refractivity contribution in [3.8, 4) is 0 Å². The average Bonchev–Trinajstić information content (AvgIpc) is 2.78. The van der Waals surface area contributed by atoms with E-state index in [0.717, 1.165) is 6.42 Å². The molecule has 0 aliphatic carbocycles. The second-order valence-corrected chi connectivity index (χ2v) is 8.06. The van der Waals surface area contributed by atoms with Gasteiger partial charge in [0.05, 0.1) is 24.6 Å². The summed E-state index contributed by atoms with van der Waals surface area (Å²) < 4.78 is 36.0. The van der Waals surface area contributed by atoms with E-state index in [-0.39, 0.29) is 24.2 Å². The third-order valence-corrected chi connectivity index (χ3v) is 5.52. The maximum atomic E-state index is 11.5. The minimum absolute atomic E-state index is 0.0621. The van der Waals surface area contributed by atoms with Gasteiger partial charge in [-0.25, -0.2) is 12.7 Å². The number of rotatable bonds is 4. The standard InChI is InChI=1S/C13H24N2O5S/c1-14(2)12(16)10-19-11-8-13(20-9-11)4-6-15(7-5-13)21(3,17)18/h11H,4-10H2,1-3H3/t11-/m0/s1. The Balaban J connectivity index is 1.82. The van der Waals surface area contributed by atoms with Gasteiger partial charge in [0, 0.05) is 33.6 Å². The molecule has 1 amide bonds. The van der Waals surface area contributed by atoms with Crippen molar-refractivity contribution in [1.29, 1.82) is 0 Å². The van der Waals surface area contributed by atoms with Crippen LogP contribution in [0.3, 0.4) is 0 Å². The van der Waals surface area contributed by atoms with Crippen LogP contribution in [0.25, 0.3) is 0 Å². The minimum Gasteiger partial charge on any atom is -0.372 e. The SMILES string of the molecule is CN(C)C(=O)CO[C@@H]1COC2(CCN(S(C)(=O)=O)CC2)C1. The summed E-state index contributed by atoms with van der Waals surface area (Å²) in [7, 11) is 0.267. The van der Waals surface area contributed by atoms with Crippen molar-refractivity contribution in [3.63, 3.8) is 0 Å². The molecule has 0 N–H and O–H groups in total. The fraction of sp³-hybridized carbons (Fsp3) is 0.923. The van der Waals surface area contributed by atoms with E-state index >= 15 is 0 Å². The number of nitrogens with zero attached hydrogens (tertiary/aromatic N) is 2. The number of carbonyl (C=O) groups is 1. The predicted molar refractivity (Wildman–Crippen MR) is 77.4 cm³/mol. The van der Waals surface area contributed by atoms with E-state index in [0.29, 0.717) is 32.5 Å². The molecule has 7 nitrogen and oxygen atoms in total. The van der Waals surface area contributed by atoms with Gasteiger partial charge in [0.2, 0.25) is 15.9 Å². The first-order valence-corrected chi connectivity index (χ1v) is 8.97. The van der Waals surface area contributed by atoms with Gasteiger partial charge in [-0.3, -0.25) is 4.79 Å². The van der Waals surface area contributed by atoms with Crippen molar-refractivity contribution in [2.75, 3.05) is 46.7 Å². The zero-order valence-corrected chi connectivity index (χ0v) is 13.7. The van der Waals surface area contributed by atoms with Gasteiger partial charge >= 0.3 is 0 Å². The average molecular weight is 320 g/mol. The van der Waals surface area contributed by atoms with Crippen molar-refractivity contribution in [2.45, 2.75) is 31.0 Å².